The fourth-order valence-corrected chi connectivity index (χ4v) is 2.66. The maximum absolute atomic E-state index is 6.16. The second-order valence-corrected chi connectivity index (χ2v) is 6.33. The van der Waals surface area contributed by atoms with Crippen molar-refractivity contribution >= 4 is 40.0 Å². The first-order valence-electron chi connectivity index (χ1n) is 7.64. The van der Waals surface area contributed by atoms with Crippen molar-refractivity contribution in [2.45, 2.75) is 13.1 Å². The molecule has 0 bridgehead atoms. The molecule has 2 aliphatic rings. The quantitative estimate of drug-likeness (QED) is 0.588. The van der Waals surface area contributed by atoms with Crippen molar-refractivity contribution in [3.63, 3.8) is 0 Å². The number of amidine groups is 1. The van der Waals surface area contributed by atoms with Crippen molar-refractivity contribution in [1.29, 1.82) is 0 Å². The van der Waals surface area contributed by atoms with Crippen molar-refractivity contribution in [2.24, 2.45) is 15.8 Å². The number of aliphatic imine (C=N–C) groups is 1. The highest BCUT2D eigenvalue weighted by molar-refractivity contribution is 6.64. The van der Waals surface area contributed by atoms with Crippen LogP contribution < -0.4 is 26.5 Å². The van der Waals surface area contributed by atoms with Gasteiger partial charge in [0.15, 0.2) is 0 Å². The normalized spacial score (nSPS) is 24.9. The van der Waals surface area contributed by atoms with E-state index in [-0.39, 0.29) is 5.29 Å². The number of nitrogens with two attached hydrogens (primary N) is 1. The van der Waals surface area contributed by atoms with E-state index in [0.717, 1.165) is 16.7 Å². The molecule has 0 amide bonds. The third kappa shape index (κ3) is 4.52. The lowest BCUT2D eigenvalue weighted by atomic mass is 10.0. The van der Waals surface area contributed by atoms with E-state index < -0.39 is 6.17 Å². The maximum atomic E-state index is 6.16. The maximum Gasteiger partial charge on any atom is 0.236 e. The van der Waals surface area contributed by atoms with Gasteiger partial charge in [-0.2, -0.15) is 0 Å². The minimum Gasteiger partial charge on any atom is -0.437 e. The molecule has 5 N–H and O–H groups in total. The molecule has 2 aliphatic heterocycles. The average Bonchev–Trinajstić information content (AvgIpc) is 2.61. The van der Waals surface area contributed by atoms with E-state index >= 15 is 0 Å². The third-order valence-electron chi connectivity index (χ3n) is 3.65. The van der Waals surface area contributed by atoms with Crippen LogP contribution in [0.3, 0.4) is 0 Å². The van der Waals surface area contributed by atoms with E-state index in [0.29, 0.717) is 29.9 Å². The first-order chi connectivity index (χ1) is 12.0. The van der Waals surface area contributed by atoms with Gasteiger partial charge in [0.25, 0.3) is 0 Å². The van der Waals surface area contributed by atoms with Gasteiger partial charge in [-0.15, -0.1) is 5.10 Å². The number of rotatable bonds is 2. The van der Waals surface area contributed by atoms with Gasteiger partial charge in [0, 0.05) is 29.4 Å². The molecular weight excluding hydrogens is 363 g/mol. The van der Waals surface area contributed by atoms with Gasteiger partial charge in [-0.1, -0.05) is 11.6 Å². The largest absolute Gasteiger partial charge is 0.437 e. The van der Waals surface area contributed by atoms with Gasteiger partial charge in [-0.25, -0.2) is 10.4 Å². The molecule has 25 heavy (non-hydrogen) atoms. The molecule has 132 valence electrons. The van der Waals surface area contributed by atoms with Crippen LogP contribution >= 0.6 is 23.2 Å². The summed E-state index contributed by atoms with van der Waals surface area (Å²) in [6.07, 6.45) is 3.09. The molecule has 1 atom stereocenters. The molecular formula is C16H18Cl2N6O. The predicted molar refractivity (Wildman–Crippen MR) is 102 cm³/mol. The highest BCUT2D eigenvalue weighted by atomic mass is 35.5. The van der Waals surface area contributed by atoms with Crippen LogP contribution in [0.2, 0.25) is 5.02 Å². The lowest BCUT2D eigenvalue weighted by Crippen LogP contribution is -2.32. The summed E-state index contributed by atoms with van der Waals surface area (Å²) in [5, 5.41) is 11.2. The minimum atomic E-state index is -0.562. The summed E-state index contributed by atoms with van der Waals surface area (Å²) in [5.41, 5.74) is 11.2. The molecule has 1 aromatic carbocycles. The number of hydrogen-bond donors (Lipinski definition) is 4. The smallest absolute Gasteiger partial charge is 0.236 e. The molecule has 7 nitrogen and oxygen atoms in total. The predicted octanol–water partition coefficient (Wildman–Crippen LogP) is 1.95. The summed E-state index contributed by atoms with van der Waals surface area (Å²) in [7, 11) is 0. The number of nitrogens with one attached hydrogen (secondary N) is 3. The topological polar surface area (TPSA) is 96.1 Å². The summed E-state index contributed by atoms with van der Waals surface area (Å²) < 4.78 is 5.98. The van der Waals surface area contributed by atoms with Crippen molar-refractivity contribution in [3.8, 4) is 5.75 Å². The molecule has 0 spiro atoms. The first-order valence-corrected chi connectivity index (χ1v) is 8.40. The fourth-order valence-electron chi connectivity index (χ4n) is 2.34. The Labute approximate surface area is 155 Å². The number of halogens is 2. The SMILES string of the molecule is C/C1=C/C(Oc2ccc(Cl)cc2C2=CNCNC2)=N\NC(Cl)=NC1N. The standard InChI is InChI=1S/C16H18Cl2N6O/c1-9-4-14(23-24-16(18)22-15(9)19)25-13-3-2-11(17)5-12(13)10-6-20-8-21-7-10/h2-6,15,20-21H,7-8,19H2,1H3,(H,22,24)/b9-4-,23-14+. The molecule has 9 heteroatoms. The van der Waals surface area contributed by atoms with Crippen molar-refractivity contribution in [3.05, 3.63) is 46.6 Å². The molecule has 3 rings (SSSR count). The molecule has 1 aromatic rings. The number of ether oxygens (including phenoxy) is 1. The molecule has 1 unspecified atom stereocenters. The summed E-state index contributed by atoms with van der Waals surface area (Å²) in [4.78, 5) is 4.04. The Morgan fingerprint density at radius 2 is 2.16 bits per heavy atom. The second kappa shape index (κ2) is 7.88. The van der Waals surface area contributed by atoms with E-state index in [1.807, 2.05) is 19.2 Å². The van der Waals surface area contributed by atoms with Gasteiger partial charge in [-0.05, 0) is 47.9 Å². The van der Waals surface area contributed by atoms with Gasteiger partial charge >= 0.3 is 0 Å². The molecule has 0 fully saturated rings. The average molecular weight is 381 g/mol. The second-order valence-electron chi connectivity index (χ2n) is 5.53. The Balaban J connectivity index is 1.93. The molecule has 0 aliphatic carbocycles. The van der Waals surface area contributed by atoms with E-state index in [1.54, 1.807) is 18.2 Å². The van der Waals surface area contributed by atoms with Crippen LogP contribution in [0.1, 0.15) is 12.5 Å². The monoisotopic (exact) mass is 380 g/mol. The highest BCUT2D eigenvalue weighted by Gasteiger charge is 2.16. The van der Waals surface area contributed by atoms with Crippen LogP contribution in [-0.2, 0) is 0 Å². The Hall–Kier alpha value is -2.06. The fraction of sp³-hybridized carbons (Fsp3) is 0.250. The molecule has 0 radical (unpaired) electrons. The number of hydrazone groups is 1. The molecule has 0 saturated carbocycles. The lowest BCUT2D eigenvalue weighted by molar-refractivity contribution is 0.544. The van der Waals surface area contributed by atoms with E-state index in [2.05, 4.69) is 26.2 Å². The van der Waals surface area contributed by atoms with Crippen LogP contribution in [0.25, 0.3) is 5.57 Å². The zero-order valence-electron chi connectivity index (χ0n) is 13.5. The Kier molecular flexibility index (Phi) is 5.60. The lowest BCUT2D eigenvalue weighted by Gasteiger charge is -2.19. The highest BCUT2D eigenvalue weighted by Crippen LogP contribution is 2.30. The molecule has 2 heterocycles. The van der Waals surface area contributed by atoms with Crippen molar-refractivity contribution in [1.82, 2.24) is 16.1 Å². The van der Waals surface area contributed by atoms with Gasteiger partial charge in [0.2, 0.25) is 11.2 Å². The van der Waals surface area contributed by atoms with Gasteiger partial charge in [0.05, 0.1) is 6.67 Å². The number of nitrogens with zero attached hydrogens (tertiary/aromatic N) is 2. The Morgan fingerprint density at radius 1 is 1.32 bits per heavy atom. The van der Waals surface area contributed by atoms with Gasteiger partial charge in [0.1, 0.15) is 11.9 Å². The first kappa shape index (κ1) is 17.8. The summed E-state index contributed by atoms with van der Waals surface area (Å²) >= 11 is 12.1. The number of hydrogen-bond acceptors (Lipinski definition) is 7. The summed E-state index contributed by atoms with van der Waals surface area (Å²) in [5.74, 6) is 0.940. The minimum absolute atomic E-state index is 0.0979. The Bertz CT molecular complexity index is 787. The molecule has 0 saturated heterocycles. The van der Waals surface area contributed by atoms with Crippen molar-refractivity contribution in [2.75, 3.05) is 13.2 Å². The van der Waals surface area contributed by atoms with E-state index in [9.17, 15) is 0 Å². The van der Waals surface area contributed by atoms with Crippen molar-refractivity contribution < 1.29 is 4.74 Å². The van der Waals surface area contributed by atoms with Crippen LogP contribution in [0, 0.1) is 0 Å². The van der Waals surface area contributed by atoms with Crippen LogP contribution in [0.4, 0.5) is 0 Å². The number of benzene rings is 1. The third-order valence-corrected chi connectivity index (χ3v) is 4.07. The Morgan fingerprint density at radius 3 is 2.92 bits per heavy atom. The summed E-state index contributed by atoms with van der Waals surface area (Å²) in [6.45, 7) is 3.25. The van der Waals surface area contributed by atoms with Crippen LogP contribution in [-0.4, -0.2) is 30.6 Å². The summed E-state index contributed by atoms with van der Waals surface area (Å²) in [6, 6.07) is 5.41. The van der Waals surface area contributed by atoms with Crippen LogP contribution in [0.15, 0.2) is 46.1 Å². The van der Waals surface area contributed by atoms with Gasteiger partial charge in [-0.3, -0.25) is 5.32 Å². The van der Waals surface area contributed by atoms with Crippen LogP contribution in [0.5, 0.6) is 5.75 Å². The molecule has 0 aromatic heterocycles. The zero-order valence-corrected chi connectivity index (χ0v) is 15.0. The van der Waals surface area contributed by atoms with E-state index in [4.69, 9.17) is 33.7 Å². The zero-order chi connectivity index (χ0) is 17.8. The van der Waals surface area contributed by atoms with Gasteiger partial charge < -0.3 is 15.8 Å². The van der Waals surface area contributed by atoms with E-state index in [1.165, 1.54) is 0 Å².